The Morgan fingerprint density at radius 2 is 2.15 bits per heavy atom. The third-order valence-electron chi connectivity index (χ3n) is 5.08. The van der Waals surface area contributed by atoms with Crippen molar-refractivity contribution in [3.8, 4) is 0 Å². The van der Waals surface area contributed by atoms with E-state index in [2.05, 4.69) is 19.9 Å². The molecular weight excluding hydrogens is 352 g/mol. The van der Waals surface area contributed by atoms with Gasteiger partial charge in [0.25, 0.3) is 5.91 Å². The lowest BCUT2D eigenvalue weighted by molar-refractivity contribution is -0.153. The summed E-state index contributed by atoms with van der Waals surface area (Å²) < 4.78 is 7.27. The maximum absolute atomic E-state index is 12.5. The van der Waals surface area contributed by atoms with E-state index < -0.39 is 6.10 Å². The van der Waals surface area contributed by atoms with E-state index in [1.165, 1.54) is 0 Å². The fraction of sp³-hybridized carbons (Fsp3) is 0.556. The van der Waals surface area contributed by atoms with Crippen LogP contribution in [0, 0.1) is 6.92 Å². The topological polar surface area (TPSA) is 77.3 Å². The van der Waals surface area contributed by atoms with Crippen LogP contribution < -0.4 is 0 Å². The number of aromatic nitrogens is 3. The number of esters is 1. The number of amides is 1. The van der Waals surface area contributed by atoms with Crippen LogP contribution in [0.2, 0.25) is 0 Å². The van der Waals surface area contributed by atoms with E-state index in [-0.39, 0.29) is 11.9 Å². The largest absolute Gasteiger partial charge is 0.452 e. The van der Waals surface area contributed by atoms with E-state index in [9.17, 15) is 9.59 Å². The Morgan fingerprint density at radius 1 is 1.35 bits per heavy atom. The van der Waals surface area contributed by atoms with Gasteiger partial charge in [-0.1, -0.05) is 0 Å². The molecule has 0 saturated carbocycles. The van der Waals surface area contributed by atoms with Crippen LogP contribution in [0.25, 0.3) is 0 Å². The predicted molar refractivity (Wildman–Crippen MR) is 95.8 cm³/mol. The second kappa shape index (κ2) is 7.19. The van der Waals surface area contributed by atoms with Gasteiger partial charge in [-0.25, -0.2) is 9.97 Å². The molecule has 4 rings (SSSR count). The Balaban J connectivity index is 1.37. The monoisotopic (exact) mass is 374 g/mol. The molecule has 0 radical (unpaired) electrons. The molecule has 1 unspecified atom stereocenters. The van der Waals surface area contributed by atoms with Gasteiger partial charge in [0.2, 0.25) is 0 Å². The van der Waals surface area contributed by atoms with Crippen LogP contribution >= 0.6 is 11.3 Å². The summed E-state index contributed by atoms with van der Waals surface area (Å²) in [5.74, 6) is 1.09. The number of nitrogens with zero attached hydrogens (tertiary/aromatic N) is 4. The van der Waals surface area contributed by atoms with Crippen LogP contribution in [0.15, 0.2) is 17.8 Å². The van der Waals surface area contributed by atoms with Crippen molar-refractivity contribution in [1.82, 2.24) is 19.4 Å². The first kappa shape index (κ1) is 17.2. The summed E-state index contributed by atoms with van der Waals surface area (Å²) in [7, 11) is 0. The van der Waals surface area contributed by atoms with Gasteiger partial charge in [0.15, 0.2) is 6.10 Å². The highest BCUT2D eigenvalue weighted by Crippen LogP contribution is 2.29. The third-order valence-corrected chi connectivity index (χ3v) is 5.90. The maximum atomic E-state index is 12.5. The quantitative estimate of drug-likeness (QED) is 0.766. The first-order valence-electron chi connectivity index (χ1n) is 9.00. The van der Waals surface area contributed by atoms with Gasteiger partial charge in [0, 0.05) is 49.6 Å². The number of aryl methyl sites for hydroxylation is 1. The van der Waals surface area contributed by atoms with Crippen molar-refractivity contribution in [3.05, 3.63) is 34.3 Å². The number of piperidine rings is 1. The number of cyclic esters (lactones) is 1. The molecule has 0 N–H and O–H groups in total. The molecule has 0 aromatic carbocycles. The van der Waals surface area contributed by atoms with Crippen molar-refractivity contribution in [3.63, 3.8) is 0 Å². The number of rotatable bonds is 4. The minimum absolute atomic E-state index is 0.0457. The third kappa shape index (κ3) is 3.51. The highest BCUT2D eigenvalue weighted by molar-refractivity contribution is 7.09. The molecule has 2 aliphatic heterocycles. The van der Waals surface area contributed by atoms with Gasteiger partial charge in [-0.15, -0.1) is 11.3 Å². The Bertz CT molecular complexity index is 807. The number of hydrogen-bond acceptors (Lipinski definition) is 6. The van der Waals surface area contributed by atoms with Crippen LogP contribution in [0.4, 0.5) is 0 Å². The molecular formula is C18H22N4O3S. The zero-order valence-corrected chi connectivity index (χ0v) is 15.6. The van der Waals surface area contributed by atoms with Gasteiger partial charge in [0.1, 0.15) is 5.82 Å². The van der Waals surface area contributed by atoms with Crippen molar-refractivity contribution < 1.29 is 14.3 Å². The van der Waals surface area contributed by atoms with Crippen LogP contribution in [0.3, 0.4) is 0 Å². The van der Waals surface area contributed by atoms with E-state index in [1.54, 1.807) is 11.3 Å². The molecule has 26 heavy (non-hydrogen) atoms. The summed E-state index contributed by atoms with van der Waals surface area (Å²) in [5.41, 5.74) is 1.06. The summed E-state index contributed by atoms with van der Waals surface area (Å²) >= 11 is 1.66. The van der Waals surface area contributed by atoms with Crippen LogP contribution in [-0.2, 0) is 20.9 Å². The van der Waals surface area contributed by atoms with Crippen molar-refractivity contribution in [2.45, 2.75) is 51.2 Å². The Kier molecular flexibility index (Phi) is 4.76. The molecule has 0 aliphatic carbocycles. The first-order chi connectivity index (χ1) is 12.6. The molecule has 4 heterocycles. The summed E-state index contributed by atoms with van der Waals surface area (Å²) in [6.45, 7) is 4.11. The van der Waals surface area contributed by atoms with Gasteiger partial charge in [0.05, 0.1) is 17.2 Å². The molecule has 2 aromatic heterocycles. The molecule has 2 aromatic rings. The fourth-order valence-electron chi connectivity index (χ4n) is 3.73. The van der Waals surface area contributed by atoms with Crippen molar-refractivity contribution in [2.24, 2.45) is 0 Å². The standard InChI is InChI=1S/C18H22N4O3S/c1-12-20-14(11-26-12)10-22-9-6-19-17(22)13-4-7-21(8-5-13)18(24)15-2-3-16(23)25-15/h6,9,11,13,15H,2-5,7-8,10H2,1H3. The lowest BCUT2D eigenvalue weighted by Crippen LogP contribution is -2.43. The lowest BCUT2D eigenvalue weighted by atomic mass is 9.95. The molecule has 7 nitrogen and oxygen atoms in total. The smallest absolute Gasteiger partial charge is 0.306 e. The van der Waals surface area contributed by atoms with Gasteiger partial charge >= 0.3 is 5.97 Å². The summed E-state index contributed by atoms with van der Waals surface area (Å²) in [4.78, 5) is 34.6. The number of carbonyl (C=O) groups is 2. The van der Waals surface area contributed by atoms with Crippen molar-refractivity contribution >= 4 is 23.2 Å². The number of hydrogen-bond donors (Lipinski definition) is 0. The second-order valence-corrected chi connectivity index (χ2v) is 7.95. The molecule has 2 aliphatic rings. The number of imidazole rings is 1. The van der Waals surface area contributed by atoms with Crippen LogP contribution in [0.1, 0.15) is 48.1 Å². The Hall–Kier alpha value is -2.22. The summed E-state index contributed by atoms with van der Waals surface area (Å²) in [6.07, 6.45) is 5.87. The van der Waals surface area contributed by atoms with Gasteiger partial charge in [-0.3, -0.25) is 9.59 Å². The van der Waals surface area contributed by atoms with E-state index >= 15 is 0 Å². The predicted octanol–water partition coefficient (Wildman–Crippen LogP) is 2.11. The van der Waals surface area contributed by atoms with E-state index in [1.807, 2.05) is 24.2 Å². The average molecular weight is 374 g/mol. The van der Waals surface area contributed by atoms with Gasteiger partial charge in [-0.2, -0.15) is 0 Å². The minimum Gasteiger partial charge on any atom is -0.452 e. The molecule has 1 amide bonds. The van der Waals surface area contributed by atoms with Gasteiger partial charge < -0.3 is 14.2 Å². The maximum Gasteiger partial charge on any atom is 0.306 e. The summed E-state index contributed by atoms with van der Waals surface area (Å²) in [6, 6.07) is 0. The summed E-state index contributed by atoms with van der Waals surface area (Å²) in [5, 5.41) is 3.16. The lowest BCUT2D eigenvalue weighted by Gasteiger charge is -2.33. The Labute approximate surface area is 156 Å². The molecule has 1 atom stereocenters. The van der Waals surface area contributed by atoms with Crippen LogP contribution in [-0.4, -0.2) is 50.5 Å². The second-order valence-electron chi connectivity index (χ2n) is 6.89. The molecule has 0 spiro atoms. The normalized spacial score (nSPS) is 21.2. The number of likely N-dealkylation sites (tertiary alicyclic amines) is 1. The van der Waals surface area contributed by atoms with E-state index in [0.717, 1.165) is 35.9 Å². The zero-order valence-electron chi connectivity index (χ0n) is 14.8. The molecule has 2 saturated heterocycles. The van der Waals surface area contributed by atoms with E-state index in [4.69, 9.17) is 4.74 Å². The highest BCUT2D eigenvalue weighted by Gasteiger charge is 2.35. The average Bonchev–Trinajstić information content (AvgIpc) is 3.37. The molecule has 2 fully saturated rings. The Morgan fingerprint density at radius 3 is 2.81 bits per heavy atom. The zero-order chi connectivity index (χ0) is 18.1. The van der Waals surface area contributed by atoms with Crippen molar-refractivity contribution in [2.75, 3.05) is 13.1 Å². The fourth-order valence-corrected chi connectivity index (χ4v) is 4.33. The SMILES string of the molecule is Cc1nc(Cn2ccnc2C2CCN(C(=O)C3CCC(=O)O3)CC2)cs1. The molecule has 138 valence electrons. The molecule has 0 bridgehead atoms. The van der Waals surface area contributed by atoms with Gasteiger partial charge in [-0.05, 0) is 19.8 Å². The van der Waals surface area contributed by atoms with E-state index in [0.29, 0.717) is 31.8 Å². The van der Waals surface area contributed by atoms with Crippen molar-refractivity contribution in [1.29, 1.82) is 0 Å². The highest BCUT2D eigenvalue weighted by atomic mass is 32.1. The number of ether oxygens (including phenoxy) is 1. The molecule has 8 heteroatoms. The minimum atomic E-state index is -0.575. The van der Waals surface area contributed by atoms with Crippen LogP contribution in [0.5, 0.6) is 0 Å². The number of thiazole rings is 1. The first-order valence-corrected chi connectivity index (χ1v) is 9.88. The number of carbonyl (C=O) groups excluding carboxylic acids is 2.